The Kier molecular flexibility index (Phi) is 5.34. The number of hydrogen-bond acceptors (Lipinski definition) is 4. The van der Waals surface area contributed by atoms with Gasteiger partial charge in [-0.1, -0.05) is 60.7 Å². The summed E-state index contributed by atoms with van der Waals surface area (Å²) >= 11 is 0. The molecule has 1 aliphatic carbocycles. The first kappa shape index (κ1) is 21.2. The maximum absolute atomic E-state index is 13.7. The van der Waals surface area contributed by atoms with Crippen LogP contribution in [-0.4, -0.2) is 15.6 Å². The van der Waals surface area contributed by atoms with Crippen molar-refractivity contribution in [3.05, 3.63) is 123 Å². The van der Waals surface area contributed by atoms with Crippen LogP contribution >= 0.6 is 0 Å². The molecular formula is C29H25N3O3. The minimum Gasteiger partial charge on any atom is -0.489 e. The molecule has 2 N–H and O–H groups in total. The average molecular weight is 464 g/mol. The number of allylic oxidation sites excluding steroid dienone is 2. The van der Waals surface area contributed by atoms with Crippen LogP contribution in [-0.2, 0) is 11.4 Å². The molecule has 6 rings (SSSR count). The Balaban J connectivity index is 1.44. The van der Waals surface area contributed by atoms with Crippen LogP contribution in [0.2, 0.25) is 0 Å². The minimum absolute atomic E-state index is 0.0943. The van der Waals surface area contributed by atoms with E-state index in [1.54, 1.807) is 4.68 Å². The second kappa shape index (κ2) is 8.80. The van der Waals surface area contributed by atoms with Crippen LogP contribution in [0.5, 0.6) is 5.75 Å². The van der Waals surface area contributed by atoms with Gasteiger partial charge >= 0.3 is 0 Å². The number of H-pyrrole nitrogens is 1. The standard InChI is InChI=1S/C29H25N3O3/c33-24-16-8-15-23-26(24)25(20-11-7-14-22(17-20)35-18-19-9-3-1-4-10-19)27-28(30-23)31-32(29(27)34)21-12-5-2-6-13-21/h1-7,9-14,17,25,30-31H,8,15-16,18H2/t25-/m1/s1. The zero-order chi connectivity index (χ0) is 23.8. The van der Waals surface area contributed by atoms with E-state index in [-0.39, 0.29) is 11.3 Å². The molecule has 35 heavy (non-hydrogen) atoms. The van der Waals surface area contributed by atoms with Crippen molar-refractivity contribution in [1.29, 1.82) is 0 Å². The lowest BCUT2D eigenvalue weighted by molar-refractivity contribution is -0.116. The van der Waals surface area contributed by atoms with E-state index in [2.05, 4.69) is 10.4 Å². The molecule has 0 spiro atoms. The highest BCUT2D eigenvalue weighted by Crippen LogP contribution is 2.44. The number of nitrogens with zero attached hydrogens (tertiary/aromatic N) is 1. The van der Waals surface area contributed by atoms with Crippen LogP contribution < -0.4 is 15.6 Å². The predicted molar refractivity (Wildman–Crippen MR) is 135 cm³/mol. The van der Waals surface area contributed by atoms with Gasteiger partial charge in [-0.3, -0.25) is 14.7 Å². The summed E-state index contributed by atoms with van der Waals surface area (Å²) in [6, 6.07) is 27.2. The first-order valence-corrected chi connectivity index (χ1v) is 11.9. The van der Waals surface area contributed by atoms with Gasteiger partial charge in [0, 0.05) is 23.6 Å². The van der Waals surface area contributed by atoms with Gasteiger partial charge in [-0.15, -0.1) is 0 Å². The van der Waals surface area contributed by atoms with Crippen LogP contribution in [0.4, 0.5) is 5.82 Å². The number of carbonyl (C=O) groups is 1. The highest BCUT2D eigenvalue weighted by Gasteiger charge is 2.38. The molecule has 0 amide bonds. The fourth-order valence-electron chi connectivity index (χ4n) is 5.05. The Hall–Kier alpha value is -4.32. The fraction of sp³-hybridized carbons (Fsp3) is 0.172. The zero-order valence-corrected chi connectivity index (χ0v) is 19.2. The highest BCUT2D eigenvalue weighted by molar-refractivity contribution is 6.00. The lowest BCUT2D eigenvalue weighted by atomic mass is 9.77. The van der Waals surface area contributed by atoms with Crippen molar-refractivity contribution in [1.82, 2.24) is 9.78 Å². The molecule has 174 valence electrons. The lowest BCUT2D eigenvalue weighted by Gasteiger charge is -2.31. The Morgan fingerprint density at radius 2 is 1.66 bits per heavy atom. The van der Waals surface area contributed by atoms with Gasteiger partial charge in [-0.05, 0) is 48.2 Å². The molecule has 0 radical (unpaired) electrons. The number of carbonyl (C=O) groups excluding carboxylic acids is 1. The third-order valence-electron chi connectivity index (χ3n) is 6.69. The number of fused-ring (bicyclic) bond motifs is 1. The molecule has 1 atom stereocenters. The number of ether oxygens (including phenoxy) is 1. The van der Waals surface area contributed by atoms with Crippen LogP contribution in [0.3, 0.4) is 0 Å². The summed E-state index contributed by atoms with van der Waals surface area (Å²) in [5.74, 6) is 0.989. The molecule has 6 heteroatoms. The van der Waals surface area contributed by atoms with E-state index in [9.17, 15) is 9.59 Å². The topological polar surface area (TPSA) is 76.1 Å². The molecule has 6 nitrogen and oxygen atoms in total. The second-order valence-corrected chi connectivity index (χ2v) is 8.95. The summed E-state index contributed by atoms with van der Waals surface area (Å²) in [6.45, 7) is 0.444. The second-order valence-electron chi connectivity index (χ2n) is 8.95. The quantitative estimate of drug-likeness (QED) is 0.421. The van der Waals surface area contributed by atoms with Crippen molar-refractivity contribution < 1.29 is 9.53 Å². The van der Waals surface area contributed by atoms with Crippen molar-refractivity contribution in [2.45, 2.75) is 31.8 Å². The number of anilines is 1. The lowest BCUT2D eigenvalue weighted by Crippen LogP contribution is -2.29. The van der Waals surface area contributed by atoms with E-state index >= 15 is 0 Å². The Bertz CT molecular complexity index is 1480. The predicted octanol–water partition coefficient (Wildman–Crippen LogP) is 5.31. The molecule has 0 unspecified atom stereocenters. The molecule has 0 saturated carbocycles. The van der Waals surface area contributed by atoms with Crippen molar-refractivity contribution in [3.8, 4) is 11.4 Å². The maximum Gasteiger partial charge on any atom is 0.277 e. The Labute approximate surface area is 202 Å². The maximum atomic E-state index is 13.7. The van der Waals surface area contributed by atoms with Gasteiger partial charge in [0.05, 0.1) is 11.3 Å². The molecule has 0 bridgehead atoms. The minimum atomic E-state index is -0.456. The number of aromatic amines is 1. The number of rotatable bonds is 5. The van der Waals surface area contributed by atoms with Crippen molar-refractivity contribution in [3.63, 3.8) is 0 Å². The molecule has 1 aromatic heterocycles. The van der Waals surface area contributed by atoms with Gasteiger partial charge in [0.15, 0.2) is 5.78 Å². The van der Waals surface area contributed by atoms with E-state index in [4.69, 9.17) is 4.74 Å². The van der Waals surface area contributed by atoms with Crippen molar-refractivity contribution in [2.75, 3.05) is 5.32 Å². The highest BCUT2D eigenvalue weighted by atomic mass is 16.5. The molecule has 1 aliphatic heterocycles. The van der Waals surface area contributed by atoms with E-state index < -0.39 is 5.92 Å². The summed E-state index contributed by atoms with van der Waals surface area (Å²) < 4.78 is 7.62. The van der Waals surface area contributed by atoms with Gasteiger partial charge in [-0.2, -0.15) is 0 Å². The Morgan fingerprint density at radius 1 is 0.886 bits per heavy atom. The third kappa shape index (κ3) is 3.87. The van der Waals surface area contributed by atoms with E-state index in [0.29, 0.717) is 35.7 Å². The fourth-order valence-corrected chi connectivity index (χ4v) is 5.05. The summed E-state index contributed by atoms with van der Waals surface area (Å²) in [6.07, 6.45) is 2.07. The summed E-state index contributed by atoms with van der Waals surface area (Å²) in [5.41, 5.74) is 4.68. The molecular weight excluding hydrogens is 438 g/mol. The van der Waals surface area contributed by atoms with E-state index in [1.165, 1.54) is 0 Å². The molecule has 4 aromatic rings. The van der Waals surface area contributed by atoms with Crippen LogP contribution in [0.25, 0.3) is 5.69 Å². The summed E-state index contributed by atoms with van der Waals surface area (Å²) in [4.78, 5) is 26.9. The number of ketones is 1. The van der Waals surface area contributed by atoms with Gasteiger partial charge < -0.3 is 10.1 Å². The number of hydrogen-bond donors (Lipinski definition) is 2. The first-order valence-electron chi connectivity index (χ1n) is 11.9. The zero-order valence-electron chi connectivity index (χ0n) is 19.2. The van der Waals surface area contributed by atoms with Gasteiger partial charge in [0.1, 0.15) is 18.2 Å². The molecule has 0 fully saturated rings. The molecule has 3 aromatic carbocycles. The smallest absolute Gasteiger partial charge is 0.277 e. The van der Waals surface area contributed by atoms with E-state index in [0.717, 1.165) is 35.4 Å². The molecule has 2 heterocycles. The summed E-state index contributed by atoms with van der Waals surface area (Å²) in [7, 11) is 0. The Morgan fingerprint density at radius 3 is 2.46 bits per heavy atom. The number of aromatic nitrogens is 2. The van der Waals surface area contributed by atoms with Crippen LogP contribution in [0.15, 0.2) is 101 Å². The first-order chi connectivity index (χ1) is 17.2. The largest absolute Gasteiger partial charge is 0.489 e. The average Bonchev–Trinajstić information content (AvgIpc) is 3.23. The molecule has 2 aliphatic rings. The van der Waals surface area contributed by atoms with Crippen molar-refractivity contribution in [2.24, 2.45) is 0 Å². The SMILES string of the molecule is O=C1CCCC2=C1[C@@H](c1cccc(OCc3ccccc3)c1)c1c([nH]n(-c3ccccc3)c1=O)N2. The van der Waals surface area contributed by atoms with Crippen molar-refractivity contribution >= 4 is 11.6 Å². The monoisotopic (exact) mass is 463 g/mol. The van der Waals surface area contributed by atoms with Crippen LogP contribution in [0, 0.1) is 0 Å². The van der Waals surface area contributed by atoms with Crippen LogP contribution in [0.1, 0.15) is 41.9 Å². The summed E-state index contributed by atoms with van der Waals surface area (Å²) in [5, 5.41) is 6.62. The third-order valence-corrected chi connectivity index (χ3v) is 6.69. The van der Waals surface area contributed by atoms with Gasteiger partial charge in [0.25, 0.3) is 5.56 Å². The number of benzene rings is 3. The van der Waals surface area contributed by atoms with Gasteiger partial charge in [-0.25, -0.2) is 4.68 Å². The van der Waals surface area contributed by atoms with Gasteiger partial charge in [0.2, 0.25) is 0 Å². The number of Topliss-reactive ketones (excluding diaryl/α,β-unsaturated/α-hetero) is 1. The van der Waals surface area contributed by atoms with E-state index in [1.807, 2.05) is 84.9 Å². The number of nitrogens with one attached hydrogen (secondary N) is 2. The normalized spacial score (nSPS) is 16.9. The molecule has 0 saturated heterocycles. The number of para-hydroxylation sites is 1.